The molecule has 8 heteroatoms. The number of esters is 1. The molecular formula is C21H27N3O5. The second-order valence-electron chi connectivity index (χ2n) is 6.98. The van der Waals surface area contributed by atoms with Gasteiger partial charge >= 0.3 is 5.97 Å². The van der Waals surface area contributed by atoms with E-state index in [9.17, 15) is 14.4 Å². The molecule has 1 amide bonds. The Labute approximate surface area is 169 Å². The Kier molecular flexibility index (Phi) is 8.09. The molecule has 3 N–H and O–H groups in total. The highest BCUT2D eigenvalue weighted by atomic mass is 16.5. The molecule has 0 radical (unpaired) electrons. The summed E-state index contributed by atoms with van der Waals surface area (Å²) in [7, 11) is 1.43. The van der Waals surface area contributed by atoms with E-state index in [1.165, 1.54) is 7.11 Å². The first-order valence-corrected chi connectivity index (χ1v) is 9.47. The van der Waals surface area contributed by atoms with Crippen molar-refractivity contribution in [3.8, 4) is 0 Å². The third-order valence-electron chi connectivity index (χ3n) is 4.45. The average molecular weight is 401 g/mol. The predicted molar refractivity (Wildman–Crippen MR) is 109 cm³/mol. The smallest absolute Gasteiger partial charge is 0.328 e. The van der Waals surface area contributed by atoms with Gasteiger partial charge in [0.25, 0.3) is 0 Å². The van der Waals surface area contributed by atoms with Gasteiger partial charge in [0.2, 0.25) is 5.91 Å². The fourth-order valence-corrected chi connectivity index (χ4v) is 2.97. The van der Waals surface area contributed by atoms with Crippen molar-refractivity contribution in [3.63, 3.8) is 0 Å². The number of aromatic amines is 1. The van der Waals surface area contributed by atoms with Crippen LogP contribution < -0.4 is 5.32 Å². The second kappa shape index (κ2) is 10.5. The van der Waals surface area contributed by atoms with Gasteiger partial charge in [0.05, 0.1) is 12.3 Å². The normalized spacial score (nSPS) is 13.1. The standard InChI is InChI=1S/C21H27N3O5/c1-13(2)29-21(27)18(9-8-15(25)11-22)24-20(26)19(28-3)10-14-12-23-17-7-5-4-6-16(14)17/h4-7,11-13,18-19,22-23H,8-10H2,1-3H3,(H,24,26)/t18-,19-/m0/s1. The Morgan fingerprint density at radius 1 is 1.24 bits per heavy atom. The zero-order valence-corrected chi connectivity index (χ0v) is 16.9. The van der Waals surface area contributed by atoms with Crippen LogP contribution in [0.25, 0.3) is 10.9 Å². The summed E-state index contributed by atoms with van der Waals surface area (Å²) in [5.74, 6) is -1.51. The summed E-state index contributed by atoms with van der Waals surface area (Å²) in [6.07, 6.45) is 1.68. The van der Waals surface area contributed by atoms with Crippen LogP contribution in [0.15, 0.2) is 30.5 Å². The van der Waals surface area contributed by atoms with Gasteiger partial charge in [-0.3, -0.25) is 9.59 Å². The molecule has 0 spiro atoms. The number of ether oxygens (including phenoxy) is 2. The van der Waals surface area contributed by atoms with Crippen molar-refractivity contribution >= 4 is 34.8 Å². The number of H-pyrrole nitrogens is 1. The number of Topliss-reactive ketones (excluding diaryl/α,β-unsaturated/α-hetero) is 1. The van der Waals surface area contributed by atoms with Gasteiger partial charge in [-0.25, -0.2) is 4.79 Å². The van der Waals surface area contributed by atoms with Gasteiger partial charge in [0.1, 0.15) is 12.1 Å². The number of carbonyl (C=O) groups is 3. The third-order valence-corrected chi connectivity index (χ3v) is 4.45. The highest BCUT2D eigenvalue weighted by Crippen LogP contribution is 2.20. The first kappa shape index (κ1) is 22.3. The minimum atomic E-state index is -0.991. The highest BCUT2D eigenvalue weighted by molar-refractivity contribution is 6.26. The summed E-state index contributed by atoms with van der Waals surface area (Å²) in [5, 5.41) is 10.6. The van der Waals surface area contributed by atoms with Crippen LogP contribution in [0.4, 0.5) is 0 Å². The molecule has 0 unspecified atom stereocenters. The van der Waals surface area contributed by atoms with Gasteiger partial charge in [-0.15, -0.1) is 0 Å². The third kappa shape index (κ3) is 6.25. The van der Waals surface area contributed by atoms with Crippen LogP contribution in [0, 0.1) is 5.41 Å². The summed E-state index contributed by atoms with van der Waals surface area (Å²) in [4.78, 5) is 39.7. The molecule has 0 saturated heterocycles. The number of hydrogen-bond donors (Lipinski definition) is 3. The average Bonchev–Trinajstić information content (AvgIpc) is 3.11. The number of fused-ring (bicyclic) bond motifs is 1. The van der Waals surface area contributed by atoms with Crippen LogP contribution in [0.1, 0.15) is 32.3 Å². The minimum absolute atomic E-state index is 0.0399. The topological polar surface area (TPSA) is 121 Å². The van der Waals surface area contributed by atoms with Crippen molar-refractivity contribution in [3.05, 3.63) is 36.0 Å². The van der Waals surface area contributed by atoms with Crippen LogP contribution in [0.3, 0.4) is 0 Å². The molecule has 0 saturated carbocycles. The Hall–Kier alpha value is -3.00. The number of rotatable bonds is 11. The summed E-state index contributed by atoms with van der Waals surface area (Å²) < 4.78 is 10.5. The van der Waals surface area contributed by atoms with Crippen molar-refractivity contribution < 1.29 is 23.9 Å². The maximum absolute atomic E-state index is 12.8. The molecule has 1 aromatic carbocycles. The van der Waals surface area contributed by atoms with Crippen LogP contribution in [0.2, 0.25) is 0 Å². The van der Waals surface area contributed by atoms with Gasteiger partial charge in [-0.1, -0.05) is 18.2 Å². The molecule has 1 aromatic heterocycles. The molecule has 2 atom stereocenters. The molecule has 0 aliphatic rings. The minimum Gasteiger partial charge on any atom is -0.461 e. The Balaban J connectivity index is 2.10. The van der Waals surface area contributed by atoms with E-state index in [0.29, 0.717) is 12.6 Å². The van der Waals surface area contributed by atoms with Crippen molar-refractivity contribution in [1.82, 2.24) is 10.3 Å². The Bertz CT molecular complexity index is 874. The summed E-state index contributed by atoms with van der Waals surface area (Å²) in [6.45, 7) is 3.41. The van der Waals surface area contributed by atoms with E-state index in [1.807, 2.05) is 30.5 Å². The van der Waals surface area contributed by atoms with E-state index >= 15 is 0 Å². The van der Waals surface area contributed by atoms with Gasteiger partial charge in [-0.05, 0) is 31.9 Å². The molecule has 0 bridgehead atoms. The number of ketones is 1. The van der Waals surface area contributed by atoms with E-state index in [0.717, 1.165) is 16.5 Å². The first-order chi connectivity index (χ1) is 13.8. The lowest BCUT2D eigenvalue weighted by Crippen LogP contribution is -2.48. The SMILES string of the molecule is CO[C@@H](Cc1c[nH]c2ccccc12)C(=O)N[C@@H](CCC(=O)C=N)C(=O)OC(C)C. The predicted octanol–water partition coefficient (Wildman–Crippen LogP) is 2.16. The maximum Gasteiger partial charge on any atom is 0.328 e. The largest absolute Gasteiger partial charge is 0.461 e. The van der Waals surface area contributed by atoms with Gasteiger partial charge in [0, 0.05) is 37.1 Å². The number of carbonyl (C=O) groups excluding carboxylic acids is 3. The molecule has 0 aliphatic heterocycles. The van der Waals surface area contributed by atoms with E-state index in [-0.39, 0.29) is 18.9 Å². The number of benzene rings is 1. The molecule has 2 rings (SSSR count). The fraction of sp³-hybridized carbons (Fsp3) is 0.429. The van der Waals surface area contributed by atoms with Crippen LogP contribution in [-0.4, -0.2) is 54.2 Å². The van der Waals surface area contributed by atoms with Crippen LogP contribution in [-0.2, 0) is 30.3 Å². The Morgan fingerprint density at radius 3 is 2.62 bits per heavy atom. The Morgan fingerprint density at radius 2 is 1.97 bits per heavy atom. The van der Waals surface area contributed by atoms with Crippen molar-refractivity contribution in [2.24, 2.45) is 0 Å². The second-order valence-corrected chi connectivity index (χ2v) is 6.98. The zero-order valence-electron chi connectivity index (χ0n) is 16.9. The lowest BCUT2D eigenvalue weighted by Gasteiger charge is -2.22. The van der Waals surface area contributed by atoms with Crippen molar-refractivity contribution in [2.45, 2.75) is 51.4 Å². The molecule has 2 aromatic rings. The summed E-state index contributed by atoms with van der Waals surface area (Å²) in [5.41, 5.74) is 1.88. The first-order valence-electron chi connectivity index (χ1n) is 9.47. The molecular weight excluding hydrogens is 374 g/mol. The van der Waals surface area contributed by atoms with E-state index in [2.05, 4.69) is 10.3 Å². The molecule has 29 heavy (non-hydrogen) atoms. The number of hydrogen-bond acceptors (Lipinski definition) is 6. The number of methoxy groups -OCH3 is 1. The van der Waals surface area contributed by atoms with Gasteiger partial charge in [-0.2, -0.15) is 0 Å². The number of para-hydroxylation sites is 1. The molecule has 1 heterocycles. The highest BCUT2D eigenvalue weighted by Gasteiger charge is 2.28. The number of amides is 1. The lowest BCUT2D eigenvalue weighted by molar-refractivity contribution is -0.152. The van der Waals surface area contributed by atoms with E-state index in [1.54, 1.807) is 13.8 Å². The van der Waals surface area contributed by atoms with Gasteiger partial charge < -0.3 is 25.2 Å². The molecule has 8 nitrogen and oxygen atoms in total. The van der Waals surface area contributed by atoms with Gasteiger partial charge in [0.15, 0.2) is 5.78 Å². The molecule has 0 aliphatic carbocycles. The van der Waals surface area contributed by atoms with E-state index in [4.69, 9.17) is 14.9 Å². The van der Waals surface area contributed by atoms with Crippen LogP contribution in [0.5, 0.6) is 0 Å². The zero-order chi connectivity index (χ0) is 21.4. The lowest BCUT2D eigenvalue weighted by atomic mass is 10.0. The molecule has 0 fully saturated rings. The van der Waals surface area contributed by atoms with Crippen molar-refractivity contribution in [2.75, 3.05) is 7.11 Å². The summed E-state index contributed by atoms with van der Waals surface area (Å²) in [6, 6.07) is 6.74. The monoisotopic (exact) mass is 401 g/mol. The molecule has 156 valence electrons. The number of nitrogens with one attached hydrogen (secondary N) is 3. The number of aromatic nitrogens is 1. The van der Waals surface area contributed by atoms with E-state index < -0.39 is 29.8 Å². The fourth-order valence-electron chi connectivity index (χ4n) is 2.97. The maximum atomic E-state index is 12.8. The summed E-state index contributed by atoms with van der Waals surface area (Å²) >= 11 is 0. The quantitative estimate of drug-likeness (QED) is 0.393. The van der Waals surface area contributed by atoms with Crippen molar-refractivity contribution in [1.29, 1.82) is 5.41 Å². The van der Waals surface area contributed by atoms with Crippen LogP contribution >= 0.6 is 0 Å².